The highest BCUT2D eigenvalue weighted by atomic mass is 32.1. The van der Waals surface area contributed by atoms with Gasteiger partial charge in [-0.05, 0) is 232 Å². The molecule has 25 aromatic rings. The number of para-hydroxylation sites is 2. The maximum Gasteiger partial charge on any atom is 0.164 e. The van der Waals surface area contributed by atoms with E-state index in [-0.39, 0.29) is 16.2 Å². The Kier molecular flexibility index (Phi) is 22.0. The van der Waals surface area contributed by atoms with Gasteiger partial charge in [-0.1, -0.05) is 418 Å². The second kappa shape index (κ2) is 36.4. The third-order valence-corrected chi connectivity index (χ3v) is 31.9. The van der Waals surface area contributed by atoms with E-state index in [1.165, 1.54) is 175 Å². The van der Waals surface area contributed by atoms with Gasteiger partial charge in [0.2, 0.25) is 0 Å². The molecule has 3 aliphatic carbocycles. The van der Waals surface area contributed by atoms with Gasteiger partial charge in [-0.25, -0.2) is 24.9 Å². The number of benzene rings is 19. The monoisotopic (exact) mass is 1910 g/mol. The minimum Gasteiger partial charge on any atom is -0.265 e. The summed E-state index contributed by atoms with van der Waals surface area (Å²) in [5.41, 5.74) is 43.2. The third kappa shape index (κ3) is 15.3. The van der Waals surface area contributed by atoms with Crippen LogP contribution in [-0.2, 0) is 16.2 Å². The van der Waals surface area contributed by atoms with Crippen LogP contribution in [0.4, 0.5) is 0 Å². The van der Waals surface area contributed by atoms with Crippen molar-refractivity contribution < 1.29 is 0 Å². The van der Waals surface area contributed by atoms with E-state index >= 15 is 0 Å². The average molecular weight is 1910 g/mol. The molecule has 0 unspecified atom stereocenters. The lowest BCUT2D eigenvalue weighted by Gasteiger charge is -2.23. The Hall–Kier alpha value is -18.5. The molecule has 0 amide bonds. The normalized spacial score (nSPS) is 13.0. The van der Waals surface area contributed by atoms with E-state index in [4.69, 9.17) is 24.9 Å². The van der Waals surface area contributed by atoms with E-state index in [1.807, 2.05) is 60.0 Å². The zero-order chi connectivity index (χ0) is 99.5. The van der Waals surface area contributed by atoms with Crippen LogP contribution in [-0.4, -0.2) is 39.9 Å². The molecular formula is C138H95N9S. The fourth-order valence-electron chi connectivity index (χ4n) is 23.3. The molecule has 148 heavy (non-hydrogen) atoms. The summed E-state index contributed by atoms with van der Waals surface area (Å²) in [6, 6.07) is 159. The number of hydrogen-bond acceptors (Lipinski definition) is 10. The number of rotatable bonds is 13. The second-order valence-corrected chi connectivity index (χ2v) is 41.2. The summed E-state index contributed by atoms with van der Waals surface area (Å²) in [5, 5.41) is 19.2. The quantitative estimate of drug-likeness (QED) is 0.104. The number of aromatic nitrogens is 8. The first-order valence-electron chi connectivity index (χ1n) is 50.4. The van der Waals surface area contributed by atoms with E-state index in [1.54, 1.807) is 24.8 Å². The first kappa shape index (κ1) is 89.6. The van der Waals surface area contributed by atoms with Gasteiger partial charge in [0.05, 0.1) is 28.4 Å². The zero-order valence-corrected chi connectivity index (χ0v) is 83.2. The van der Waals surface area contributed by atoms with Gasteiger partial charge in [-0.3, -0.25) is 15.0 Å². The van der Waals surface area contributed by atoms with Gasteiger partial charge in [0.25, 0.3) is 0 Å². The molecule has 0 spiro atoms. The third-order valence-electron chi connectivity index (χ3n) is 30.7. The van der Waals surface area contributed by atoms with E-state index in [0.29, 0.717) is 23.0 Å². The largest absolute Gasteiger partial charge is 0.265 e. The summed E-state index contributed by atoms with van der Waals surface area (Å²) >= 11 is 1.84. The Balaban J connectivity index is 0.000000115. The molecule has 28 rings (SSSR count). The van der Waals surface area contributed by atoms with Crippen molar-refractivity contribution in [1.29, 1.82) is 5.26 Å². The SMILES string of the molecule is CC1(C)c2ccccc2-c2c1ccc(-c1ccc(-c3nc(-c4ccncc4)nc(-c4ccncc4)n3)cc1)c2-c1ccc(-c2cc3ccccc3c3ccccc23)cc1.CC1(C)c2ccccc2-c2c1ccc(-c1ccc(C#N)cc1)c2-c1ccc(-c2cccc3cccnc23)cc1.CC1(C)c2ccccc2-c2c1ccc(-c1ccccc1)c2-c1ccc(-c2nc(-c3cccc4c3sc3ccccc34)c3ccccc3n2)cc1. The smallest absolute Gasteiger partial charge is 0.164 e. The molecule has 0 radical (unpaired) electrons. The lowest BCUT2D eigenvalue weighted by molar-refractivity contribution is 0.660. The molecule has 0 fully saturated rings. The van der Waals surface area contributed by atoms with E-state index in [0.717, 1.165) is 83.4 Å². The number of nitrogens with zero attached hydrogens (tertiary/aromatic N) is 9. The summed E-state index contributed by atoms with van der Waals surface area (Å²) in [4.78, 5) is 38.3. The fraction of sp³-hybridized carbons (Fsp3) is 0.0652. The van der Waals surface area contributed by atoms with Crippen LogP contribution in [0.15, 0.2) is 468 Å². The first-order chi connectivity index (χ1) is 72.6. The molecule has 698 valence electrons. The fourth-order valence-corrected chi connectivity index (χ4v) is 24.5. The molecule has 3 aliphatic rings. The molecule has 9 nitrogen and oxygen atoms in total. The number of hydrogen-bond donors (Lipinski definition) is 0. The predicted molar refractivity (Wildman–Crippen MR) is 613 cm³/mol. The van der Waals surface area contributed by atoms with Crippen LogP contribution in [0.25, 0.3) is 243 Å². The number of thiophene rings is 1. The molecule has 0 N–H and O–H groups in total. The summed E-state index contributed by atoms with van der Waals surface area (Å²) in [6.07, 6.45) is 8.88. The Morgan fingerprint density at radius 3 is 1.11 bits per heavy atom. The van der Waals surface area contributed by atoms with Gasteiger partial charge in [0, 0.05) is 112 Å². The van der Waals surface area contributed by atoms with Crippen LogP contribution >= 0.6 is 11.3 Å². The van der Waals surface area contributed by atoms with Crippen LogP contribution < -0.4 is 0 Å². The van der Waals surface area contributed by atoms with Crippen molar-refractivity contribution in [2.75, 3.05) is 0 Å². The maximum absolute atomic E-state index is 9.36. The Bertz CT molecular complexity index is 9590. The molecule has 6 heterocycles. The van der Waals surface area contributed by atoms with Crippen molar-refractivity contribution in [2.45, 2.75) is 57.8 Å². The molecule has 0 bridgehead atoms. The molecule has 0 saturated carbocycles. The van der Waals surface area contributed by atoms with Crippen molar-refractivity contribution in [3.63, 3.8) is 0 Å². The van der Waals surface area contributed by atoms with Crippen molar-refractivity contribution in [2.24, 2.45) is 0 Å². The molecule has 6 aromatic heterocycles. The van der Waals surface area contributed by atoms with E-state index in [9.17, 15) is 5.26 Å². The summed E-state index contributed by atoms with van der Waals surface area (Å²) in [7, 11) is 0. The maximum atomic E-state index is 9.36. The molecule has 19 aromatic carbocycles. The Morgan fingerprint density at radius 2 is 0.588 bits per heavy atom. The van der Waals surface area contributed by atoms with Gasteiger partial charge >= 0.3 is 0 Å². The number of nitriles is 1. The molecular weight excluding hydrogens is 1820 g/mol. The van der Waals surface area contributed by atoms with Gasteiger partial charge in [-0.2, -0.15) is 5.26 Å². The lowest BCUT2D eigenvalue weighted by Crippen LogP contribution is -2.14. The number of pyridine rings is 3. The first-order valence-corrected chi connectivity index (χ1v) is 51.2. The van der Waals surface area contributed by atoms with Crippen LogP contribution in [0.2, 0.25) is 0 Å². The van der Waals surface area contributed by atoms with Gasteiger partial charge < -0.3 is 0 Å². The van der Waals surface area contributed by atoms with E-state index < -0.39 is 0 Å². The molecule has 0 saturated heterocycles. The topological polar surface area (TPSA) is 127 Å². The molecule has 0 atom stereocenters. The predicted octanol–water partition coefficient (Wildman–Crippen LogP) is 35.7. The molecule has 0 aliphatic heterocycles. The van der Waals surface area contributed by atoms with Crippen LogP contribution in [0.1, 0.15) is 80.5 Å². The number of fused-ring (bicyclic) bond motifs is 17. The van der Waals surface area contributed by atoms with Crippen molar-refractivity contribution in [1.82, 2.24) is 39.9 Å². The summed E-state index contributed by atoms with van der Waals surface area (Å²) in [5.74, 6) is 2.52. The van der Waals surface area contributed by atoms with Gasteiger partial charge in [-0.15, -0.1) is 11.3 Å². The Labute approximate surface area is 863 Å². The van der Waals surface area contributed by atoms with Gasteiger partial charge in [0.1, 0.15) is 0 Å². The van der Waals surface area contributed by atoms with Gasteiger partial charge in [0.15, 0.2) is 23.3 Å². The van der Waals surface area contributed by atoms with Crippen molar-refractivity contribution >= 4 is 74.9 Å². The highest BCUT2D eigenvalue weighted by Gasteiger charge is 2.42. The highest BCUT2D eigenvalue weighted by Crippen LogP contribution is 2.59. The minimum absolute atomic E-state index is 0.0809. The van der Waals surface area contributed by atoms with Crippen molar-refractivity contribution in [3.8, 4) is 185 Å². The van der Waals surface area contributed by atoms with Crippen LogP contribution in [0.3, 0.4) is 0 Å². The minimum atomic E-state index is -0.134. The standard InChI is InChI=1S/C54H37N5.C47H32N2S.C37H26N2/c1-54(2)47-14-8-7-13-45(47)50-48(54)24-23-42(49(50)36-19-15-35(16-20-36)46-33-40-9-3-4-10-41(40)43-11-5-6-12-44(43)46)34-17-21-37(22-18-34)51-57-52(38-25-29-55-30-26-38)59-53(58-51)39-27-31-56-32-28-39;1-47(2)38-20-9-6-16-35(38)43-39(47)28-27-32(29-13-4-3-5-14-29)42(43)30-23-25-31(26-24-30)46-48-40-21-10-7-17-36(40)44(49-46)37-19-12-18-34-33-15-8-11-22-41(33)50-45(34)37;1-37(2)32-11-4-3-9-31(32)35-33(37)21-20-29(25-14-12-24(23-38)13-15-25)34(35)27-18-16-26(17-19-27)30-10-5-7-28-8-6-22-39-36(28)30/h3-33H,1-2H3;3-28H,1-2H3;3-22H,1-2H3. The molecule has 10 heteroatoms. The lowest BCUT2D eigenvalue weighted by atomic mass is 9.80. The van der Waals surface area contributed by atoms with E-state index in [2.05, 4.69) is 457 Å². The summed E-state index contributed by atoms with van der Waals surface area (Å²) in [6.45, 7) is 14.0. The Morgan fingerprint density at radius 1 is 0.223 bits per heavy atom. The average Bonchev–Trinajstić information content (AvgIpc) is 1.56. The zero-order valence-electron chi connectivity index (χ0n) is 82.4. The second-order valence-electron chi connectivity index (χ2n) is 40.2. The highest BCUT2D eigenvalue weighted by molar-refractivity contribution is 7.26. The van der Waals surface area contributed by atoms with Crippen LogP contribution in [0, 0.1) is 11.3 Å². The summed E-state index contributed by atoms with van der Waals surface area (Å²) < 4.78 is 2.55. The van der Waals surface area contributed by atoms with Crippen molar-refractivity contribution in [3.05, 3.63) is 507 Å². The van der Waals surface area contributed by atoms with Crippen LogP contribution in [0.5, 0.6) is 0 Å².